The number of H-pyrrole nitrogens is 1. The maximum Gasteiger partial charge on any atom is 0.268 e. The van der Waals surface area contributed by atoms with Crippen molar-refractivity contribution in [1.82, 2.24) is 10.3 Å². The molecule has 1 amide bonds. The molecule has 0 unspecified atom stereocenters. The molecule has 0 saturated carbocycles. The first kappa shape index (κ1) is 14.4. The number of aromatic nitrogens is 1. The highest BCUT2D eigenvalue weighted by molar-refractivity contribution is 6.01. The number of aromatic amines is 1. The smallest absolute Gasteiger partial charge is 0.268 e. The summed E-state index contributed by atoms with van der Waals surface area (Å²) in [5.41, 5.74) is 2.53. The number of ether oxygens (including phenoxy) is 1. The van der Waals surface area contributed by atoms with Crippen molar-refractivity contribution in [3.05, 3.63) is 29.5 Å². The van der Waals surface area contributed by atoms with E-state index in [0.717, 1.165) is 28.8 Å². The van der Waals surface area contributed by atoms with Crippen molar-refractivity contribution in [2.75, 3.05) is 34.3 Å². The van der Waals surface area contributed by atoms with Gasteiger partial charge in [-0.05, 0) is 30.7 Å². The molecule has 0 spiro atoms. The Labute approximate surface area is 118 Å². The number of hydrogen-bond acceptors (Lipinski definition) is 2. The molecule has 0 radical (unpaired) electrons. The van der Waals surface area contributed by atoms with E-state index in [1.807, 2.05) is 25.1 Å². The Kier molecular flexibility index (Phi) is 4.29. The summed E-state index contributed by atoms with van der Waals surface area (Å²) < 4.78 is 5.22. The SMILES string of the molecule is COc1ccc2[nH]c(C(=O)NCC[NH+](C)C)c(C)c2c1. The van der Waals surface area contributed by atoms with E-state index in [1.54, 1.807) is 7.11 Å². The van der Waals surface area contributed by atoms with Crippen molar-refractivity contribution in [2.24, 2.45) is 0 Å². The van der Waals surface area contributed by atoms with Crippen molar-refractivity contribution in [2.45, 2.75) is 6.92 Å². The molecule has 0 bridgehead atoms. The van der Waals surface area contributed by atoms with Crippen LogP contribution in [0.4, 0.5) is 0 Å². The number of carbonyl (C=O) groups excluding carboxylic acids is 1. The van der Waals surface area contributed by atoms with Gasteiger partial charge in [0.05, 0.1) is 34.3 Å². The first-order valence-corrected chi connectivity index (χ1v) is 6.76. The van der Waals surface area contributed by atoms with Gasteiger partial charge in [-0.15, -0.1) is 0 Å². The fraction of sp³-hybridized carbons (Fsp3) is 0.400. The van der Waals surface area contributed by atoms with E-state index in [1.165, 1.54) is 4.90 Å². The van der Waals surface area contributed by atoms with Gasteiger partial charge in [0.15, 0.2) is 0 Å². The van der Waals surface area contributed by atoms with Gasteiger partial charge in [-0.25, -0.2) is 0 Å². The van der Waals surface area contributed by atoms with Gasteiger partial charge in [0.2, 0.25) is 0 Å². The molecule has 0 aliphatic carbocycles. The van der Waals surface area contributed by atoms with E-state index in [4.69, 9.17) is 4.74 Å². The van der Waals surface area contributed by atoms with Crippen LogP contribution in [0.3, 0.4) is 0 Å². The maximum atomic E-state index is 12.2. The van der Waals surface area contributed by atoms with E-state index in [-0.39, 0.29) is 5.91 Å². The molecular weight excluding hydrogens is 254 g/mol. The quantitative estimate of drug-likeness (QED) is 0.738. The third kappa shape index (κ3) is 2.93. The molecule has 0 fully saturated rings. The lowest BCUT2D eigenvalue weighted by Gasteiger charge is -2.08. The molecule has 108 valence electrons. The lowest BCUT2D eigenvalue weighted by molar-refractivity contribution is -0.856. The van der Waals surface area contributed by atoms with Crippen LogP contribution in [-0.2, 0) is 0 Å². The third-order valence-corrected chi connectivity index (χ3v) is 3.40. The molecule has 2 aromatic rings. The molecule has 2 rings (SSSR count). The van der Waals surface area contributed by atoms with Crippen LogP contribution in [0, 0.1) is 6.92 Å². The number of nitrogens with one attached hydrogen (secondary N) is 3. The number of methoxy groups -OCH3 is 1. The summed E-state index contributed by atoms with van der Waals surface area (Å²) in [5, 5.41) is 3.96. The van der Waals surface area contributed by atoms with Gasteiger partial charge in [-0.1, -0.05) is 0 Å². The Bertz CT molecular complexity index is 617. The van der Waals surface area contributed by atoms with Crippen LogP contribution in [0.15, 0.2) is 18.2 Å². The molecular formula is C15H22N3O2+. The number of carbonyl (C=O) groups is 1. The average molecular weight is 276 g/mol. The van der Waals surface area contributed by atoms with Gasteiger partial charge in [-0.2, -0.15) is 0 Å². The molecule has 1 heterocycles. The second kappa shape index (κ2) is 5.96. The van der Waals surface area contributed by atoms with Gasteiger partial charge in [0, 0.05) is 10.9 Å². The Morgan fingerprint density at radius 1 is 1.40 bits per heavy atom. The fourth-order valence-electron chi connectivity index (χ4n) is 2.17. The number of amides is 1. The van der Waals surface area contributed by atoms with Crippen LogP contribution in [0.2, 0.25) is 0 Å². The van der Waals surface area contributed by atoms with Gasteiger partial charge in [0.25, 0.3) is 5.91 Å². The third-order valence-electron chi connectivity index (χ3n) is 3.40. The van der Waals surface area contributed by atoms with Crippen LogP contribution < -0.4 is 15.0 Å². The number of quaternary nitrogens is 1. The van der Waals surface area contributed by atoms with Crippen molar-refractivity contribution in [1.29, 1.82) is 0 Å². The van der Waals surface area contributed by atoms with Crippen molar-refractivity contribution in [3.8, 4) is 5.75 Å². The minimum Gasteiger partial charge on any atom is -0.497 e. The molecule has 0 saturated heterocycles. The van der Waals surface area contributed by atoms with Gasteiger partial charge < -0.3 is 19.9 Å². The standard InChI is InChI=1S/C15H21N3O2/c1-10-12-9-11(20-4)5-6-13(12)17-14(10)15(19)16-7-8-18(2)3/h5-6,9,17H,7-8H2,1-4H3,(H,16,19)/p+1. The number of hydrogen-bond donors (Lipinski definition) is 3. The first-order valence-electron chi connectivity index (χ1n) is 6.76. The van der Waals surface area contributed by atoms with Gasteiger partial charge in [0.1, 0.15) is 11.4 Å². The summed E-state index contributed by atoms with van der Waals surface area (Å²) in [7, 11) is 5.76. The minimum atomic E-state index is -0.0566. The normalized spacial score (nSPS) is 11.1. The van der Waals surface area contributed by atoms with E-state index in [0.29, 0.717) is 12.2 Å². The highest BCUT2D eigenvalue weighted by Gasteiger charge is 2.15. The lowest BCUT2D eigenvalue weighted by Crippen LogP contribution is -3.06. The summed E-state index contributed by atoms with van der Waals surface area (Å²) in [6, 6.07) is 5.76. The van der Waals surface area contributed by atoms with Gasteiger partial charge >= 0.3 is 0 Å². The predicted molar refractivity (Wildman–Crippen MR) is 79.6 cm³/mol. The Hall–Kier alpha value is -2.01. The summed E-state index contributed by atoms with van der Waals surface area (Å²) in [5.74, 6) is 0.738. The van der Waals surface area contributed by atoms with Crippen LogP contribution in [0.25, 0.3) is 10.9 Å². The number of aryl methyl sites for hydroxylation is 1. The van der Waals surface area contributed by atoms with Crippen LogP contribution in [-0.4, -0.2) is 45.2 Å². The zero-order chi connectivity index (χ0) is 14.7. The Balaban J connectivity index is 2.21. The van der Waals surface area contributed by atoms with Crippen molar-refractivity contribution < 1.29 is 14.4 Å². The number of benzene rings is 1. The second-order valence-electron chi connectivity index (χ2n) is 5.25. The molecule has 0 aliphatic rings. The predicted octanol–water partition coefficient (Wildman–Crippen LogP) is 0.359. The van der Waals surface area contributed by atoms with E-state index < -0.39 is 0 Å². The Morgan fingerprint density at radius 2 is 2.15 bits per heavy atom. The Morgan fingerprint density at radius 3 is 2.80 bits per heavy atom. The molecule has 3 N–H and O–H groups in total. The van der Waals surface area contributed by atoms with Crippen LogP contribution >= 0.6 is 0 Å². The largest absolute Gasteiger partial charge is 0.497 e. The fourth-order valence-corrected chi connectivity index (χ4v) is 2.17. The number of fused-ring (bicyclic) bond motifs is 1. The van der Waals surface area contributed by atoms with Crippen LogP contribution in [0.5, 0.6) is 5.75 Å². The van der Waals surface area contributed by atoms with E-state index >= 15 is 0 Å². The molecule has 20 heavy (non-hydrogen) atoms. The maximum absolute atomic E-state index is 12.2. The first-order chi connectivity index (χ1) is 9.52. The monoisotopic (exact) mass is 276 g/mol. The summed E-state index contributed by atoms with van der Waals surface area (Å²) in [4.78, 5) is 16.7. The van der Waals surface area contributed by atoms with Crippen molar-refractivity contribution >= 4 is 16.8 Å². The highest BCUT2D eigenvalue weighted by Crippen LogP contribution is 2.25. The zero-order valence-electron chi connectivity index (χ0n) is 12.5. The van der Waals surface area contributed by atoms with Crippen molar-refractivity contribution in [3.63, 3.8) is 0 Å². The average Bonchev–Trinajstić information content (AvgIpc) is 2.75. The number of rotatable bonds is 5. The zero-order valence-corrected chi connectivity index (χ0v) is 12.5. The minimum absolute atomic E-state index is 0.0566. The van der Waals surface area contributed by atoms with E-state index in [9.17, 15) is 4.79 Å². The molecule has 0 atom stereocenters. The van der Waals surface area contributed by atoms with Gasteiger partial charge in [-0.3, -0.25) is 4.79 Å². The highest BCUT2D eigenvalue weighted by atomic mass is 16.5. The molecule has 5 nitrogen and oxygen atoms in total. The topological polar surface area (TPSA) is 58.6 Å². The summed E-state index contributed by atoms with van der Waals surface area (Å²) in [6.07, 6.45) is 0. The second-order valence-corrected chi connectivity index (χ2v) is 5.25. The molecule has 0 aliphatic heterocycles. The molecule has 5 heteroatoms. The van der Waals surface area contributed by atoms with Crippen LogP contribution in [0.1, 0.15) is 16.1 Å². The molecule has 1 aromatic carbocycles. The summed E-state index contributed by atoms with van der Waals surface area (Å²) in [6.45, 7) is 3.52. The number of likely N-dealkylation sites (N-methyl/N-ethyl adjacent to an activating group) is 1. The lowest BCUT2D eigenvalue weighted by atomic mass is 10.1. The molecule has 1 aromatic heterocycles. The summed E-state index contributed by atoms with van der Waals surface area (Å²) >= 11 is 0. The van der Waals surface area contributed by atoms with E-state index in [2.05, 4.69) is 24.4 Å².